The van der Waals surface area contributed by atoms with E-state index in [1.54, 1.807) is 6.07 Å². The van der Waals surface area contributed by atoms with Crippen molar-refractivity contribution in [2.75, 3.05) is 16.3 Å². The van der Waals surface area contributed by atoms with E-state index in [9.17, 15) is 13.2 Å². The van der Waals surface area contributed by atoms with Gasteiger partial charge in [-0.2, -0.15) is 0 Å². The quantitative estimate of drug-likeness (QED) is 0.517. The SMILES string of the molecule is CS(=O)(=O)Nc1cc(C(=O)Nc2ccc3c(c2)Cc2ccccc2-3)ccc1Cl. The molecule has 2 N–H and O–H groups in total. The van der Waals surface area contributed by atoms with Crippen molar-refractivity contribution in [1.29, 1.82) is 0 Å². The fourth-order valence-corrected chi connectivity index (χ4v) is 4.16. The maximum absolute atomic E-state index is 12.6. The lowest BCUT2D eigenvalue weighted by atomic mass is 10.1. The van der Waals surface area contributed by atoms with Gasteiger partial charge in [-0.15, -0.1) is 0 Å². The first-order valence-corrected chi connectivity index (χ1v) is 10.9. The Labute approximate surface area is 168 Å². The summed E-state index contributed by atoms with van der Waals surface area (Å²) < 4.78 is 25.2. The predicted octanol–water partition coefficient (Wildman–Crippen LogP) is 4.54. The molecule has 7 heteroatoms. The van der Waals surface area contributed by atoms with E-state index in [4.69, 9.17) is 11.6 Å². The average Bonchev–Trinajstić information content (AvgIpc) is 3.00. The summed E-state index contributed by atoms with van der Waals surface area (Å²) in [5, 5.41) is 3.08. The number of anilines is 2. The first kappa shape index (κ1) is 18.5. The lowest BCUT2D eigenvalue weighted by molar-refractivity contribution is 0.102. The smallest absolute Gasteiger partial charge is 0.255 e. The van der Waals surface area contributed by atoms with Gasteiger partial charge in [-0.1, -0.05) is 41.9 Å². The molecular formula is C21H17ClN2O3S. The van der Waals surface area contributed by atoms with E-state index < -0.39 is 10.0 Å². The van der Waals surface area contributed by atoms with Crippen molar-refractivity contribution < 1.29 is 13.2 Å². The van der Waals surface area contributed by atoms with Crippen LogP contribution in [0.25, 0.3) is 11.1 Å². The number of halogens is 1. The van der Waals surface area contributed by atoms with Gasteiger partial charge >= 0.3 is 0 Å². The van der Waals surface area contributed by atoms with Crippen LogP contribution in [0.1, 0.15) is 21.5 Å². The highest BCUT2D eigenvalue weighted by Gasteiger charge is 2.18. The van der Waals surface area contributed by atoms with Crippen molar-refractivity contribution in [2.45, 2.75) is 6.42 Å². The van der Waals surface area contributed by atoms with Gasteiger partial charge in [0.1, 0.15) is 0 Å². The molecule has 0 atom stereocenters. The number of nitrogens with one attached hydrogen (secondary N) is 2. The third-order valence-electron chi connectivity index (χ3n) is 4.58. The van der Waals surface area contributed by atoms with Crippen LogP contribution in [0.5, 0.6) is 0 Å². The van der Waals surface area contributed by atoms with Crippen molar-refractivity contribution in [2.24, 2.45) is 0 Å². The largest absolute Gasteiger partial charge is 0.322 e. The Hall–Kier alpha value is -2.83. The molecule has 0 unspecified atom stereocenters. The maximum atomic E-state index is 12.6. The Morgan fingerprint density at radius 1 is 0.964 bits per heavy atom. The Bertz CT molecular complexity index is 1210. The monoisotopic (exact) mass is 412 g/mol. The summed E-state index contributed by atoms with van der Waals surface area (Å²) in [7, 11) is -3.50. The Kier molecular flexibility index (Phi) is 4.61. The highest BCUT2D eigenvalue weighted by molar-refractivity contribution is 7.92. The summed E-state index contributed by atoms with van der Waals surface area (Å²) in [5.41, 5.74) is 6.00. The lowest BCUT2D eigenvalue weighted by Crippen LogP contribution is -2.14. The number of carbonyl (C=O) groups excluding carboxylic acids is 1. The van der Waals surface area contributed by atoms with Gasteiger partial charge in [0.15, 0.2) is 0 Å². The molecule has 0 saturated carbocycles. The van der Waals surface area contributed by atoms with Crippen molar-refractivity contribution in [1.82, 2.24) is 0 Å². The van der Waals surface area contributed by atoms with Crippen LogP contribution in [-0.2, 0) is 16.4 Å². The molecule has 0 radical (unpaired) electrons. The molecule has 4 rings (SSSR count). The number of hydrogen-bond donors (Lipinski definition) is 2. The molecule has 5 nitrogen and oxygen atoms in total. The van der Waals surface area contributed by atoms with E-state index in [1.165, 1.54) is 28.8 Å². The van der Waals surface area contributed by atoms with Gasteiger partial charge < -0.3 is 5.32 Å². The van der Waals surface area contributed by atoms with Gasteiger partial charge in [0.2, 0.25) is 10.0 Å². The molecule has 1 aliphatic carbocycles. The zero-order valence-corrected chi connectivity index (χ0v) is 16.6. The Balaban J connectivity index is 1.57. The van der Waals surface area contributed by atoms with Gasteiger partial charge in [-0.3, -0.25) is 9.52 Å². The average molecular weight is 413 g/mol. The third kappa shape index (κ3) is 3.74. The molecule has 1 amide bonds. The minimum Gasteiger partial charge on any atom is -0.322 e. The zero-order chi connectivity index (χ0) is 19.9. The summed E-state index contributed by atoms with van der Waals surface area (Å²) in [5.74, 6) is -0.344. The van der Waals surface area contributed by atoms with E-state index in [1.807, 2.05) is 30.3 Å². The van der Waals surface area contributed by atoms with Gasteiger partial charge in [0.25, 0.3) is 5.91 Å². The second-order valence-electron chi connectivity index (χ2n) is 6.73. The minimum atomic E-state index is -3.50. The predicted molar refractivity (Wildman–Crippen MR) is 113 cm³/mol. The van der Waals surface area contributed by atoms with Gasteiger partial charge in [0, 0.05) is 11.3 Å². The summed E-state index contributed by atoms with van der Waals surface area (Å²) in [6, 6.07) is 18.6. The molecule has 0 aromatic heterocycles. The Morgan fingerprint density at radius 3 is 2.50 bits per heavy atom. The number of fused-ring (bicyclic) bond motifs is 3. The highest BCUT2D eigenvalue weighted by Crippen LogP contribution is 2.37. The molecule has 0 heterocycles. The second-order valence-corrected chi connectivity index (χ2v) is 8.88. The van der Waals surface area contributed by atoms with Crippen LogP contribution in [0.4, 0.5) is 11.4 Å². The zero-order valence-electron chi connectivity index (χ0n) is 15.0. The Morgan fingerprint density at radius 2 is 1.71 bits per heavy atom. The lowest BCUT2D eigenvalue weighted by Gasteiger charge is -2.10. The van der Waals surface area contributed by atoms with E-state index in [2.05, 4.69) is 22.2 Å². The number of sulfonamides is 1. The van der Waals surface area contributed by atoms with E-state index in [0.29, 0.717) is 11.3 Å². The molecule has 0 fully saturated rings. The van der Waals surface area contributed by atoms with Gasteiger partial charge in [0.05, 0.1) is 17.0 Å². The molecule has 0 saturated heterocycles. The van der Waals surface area contributed by atoms with Crippen LogP contribution in [-0.4, -0.2) is 20.6 Å². The van der Waals surface area contributed by atoms with Crippen molar-refractivity contribution in [3.63, 3.8) is 0 Å². The van der Waals surface area contributed by atoms with Crippen LogP contribution in [0.2, 0.25) is 5.02 Å². The standard InChI is InChI=1S/C21H17ClN2O3S/c1-28(26,27)24-20-12-14(6-9-19(20)22)21(25)23-16-7-8-18-15(11-16)10-13-4-2-3-5-17(13)18/h2-9,11-12,24H,10H2,1H3,(H,23,25). The fourth-order valence-electron chi connectivity index (χ4n) is 3.37. The summed E-state index contributed by atoms with van der Waals surface area (Å²) >= 11 is 6.02. The highest BCUT2D eigenvalue weighted by atomic mass is 35.5. The topological polar surface area (TPSA) is 75.3 Å². The normalized spacial score (nSPS) is 12.2. The minimum absolute atomic E-state index is 0.168. The molecule has 1 aliphatic rings. The molecule has 3 aromatic rings. The molecule has 0 bridgehead atoms. The van der Waals surface area contributed by atoms with Crippen LogP contribution in [0.15, 0.2) is 60.7 Å². The number of carbonyl (C=O) groups is 1. The number of amides is 1. The van der Waals surface area contributed by atoms with E-state index >= 15 is 0 Å². The van der Waals surface area contributed by atoms with Crippen molar-refractivity contribution in [3.05, 3.63) is 82.4 Å². The third-order valence-corrected chi connectivity index (χ3v) is 5.50. The summed E-state index contributed by atoms with van der Waals surface area (Å²) in [6.45, 7) is 0. The van der Waals surface area contributed by atoms with Crippen LogP contribution in [0, 0.1) is 0 Å². The van der Waals surface area contributed by atoms with Gasteiger partial charge in [-0.05, 0) is 59.0 Å². The maximum Gasteiger partial charge on any atom is 0.255 e. The van der Waals surface area contributed by atoms with Crippen LogP contribution < -0.4 is 10.0 Å². The number of hydrogen-bond acceptors (Lipinski definition) is 3. The van der Waals surface area contributed by atoms with Crippen molar-refractivity contribution >= 4 is 38.9 Å². The summed E-state index contributed by atoms with van der Waals surface area (Å²) in [6.07, 6.45) is 1.86. The molecular weight excluding hydrogens is 396 g/mol. The molecule has 142 valence electrons. The summed E-state index contributed by atoms with van der Waals surface area (Å²) in [4.78, 5) is 12.6. The van der Waals surface area contributed by atoms with Crippen LogP contribution in [0.3, 0.4) is 0 Å². The fraction of sp³-hybridized carbons (Fsp3) is 0.0952. The molecule has 3 aromatic carbocycles. The number of benzene rings is 3. The van der Waals surface area contributed by atoms with Gasteiger partial charge in [-0.25, -0.2) is 8.42 Å². The first-order valence-electron chi connectivity index (χ1n) is 8.60. The van der Waals surface area contributed by atoms with E-state index in [-0.39, 0.29) is 16.6 Å². The van der Waals surface area contributed by atoms with Crippen LogP contribution >= 0.6 is 11.6 Å². The van der Waals surface area contributed by atoms with Crippen molar-refractivity contribution in [3.8, 4) is 11.1 Å². The molecule has 0 aliphatic heterocycles. The molecule has 0 spiro atoms. The van der Waals surface area contributed by atoms with E-state index in [0.717, 1.165) is 18.2 Å². The number of rotatable bonds is 4. The first-order chi connectivity index (χ1) is 13.3. The second kappa shape index (κ2) is 6.96. The molecule has 28 heavy (non-hydrogen) atoms.